The predicted molar refractivity (Wildman–Crippen MR) is 90.7 cm³/mol. The van der Waals surface area contributed by atoms with Crippen molar-refractivity contribution in [1.82, 2.24) is 0 Å². The van der Waals surface area contributed by atoms with Gasteiger partial charge in [-0.25, -0.2) is 0 Å². The summed E-state index contributed by atoms with van der Waals surface area (Å²) in [6, 6.07) is 14.1. The minimum absolute atomic E-state index is 0.0925. The molecule has 2 atom stereocenters. The van der Waals surface area contributed by atoms with Crippen LogP contribution in [0, 0.1) is 16.0 Å². The van der Waals surface area contributed by atoms with E-state index in [-0.39, 0.29) is 22.1 Å². The van der Waals surface area contributed by atoms with E-state index >= 15 is 0 Å². The lowest BCUT2D eigenvalue weighted by atomic mass is 9.61. The van der Waals surface area contributed by atoms with Crippen LogP contribution in [0.5, 0.6) is 0 Å². The fraction of sp³-hybridized carbons (Fsp3) is 0.368. The predicted octanol–water partition coefficient (Wildman–Crippen LogP) is 4.60. The van der Waals surface area contributed by atoms with Crippen molar-refractivity contribution in [2.45, 2.75) is 38.1 Å². The van der Waals surface area contributed by atoms with Gasteiger partial charge in [0.05, 0.1) is 11.0 Å². The third kappa shape index (κ3) is 2.05. The Morgan fingerprint density at radius 2 is 2.00 bits per heavy atom. The van der Waals surface area contributed by atoms with Crippen LogP contribution in [-0.4, -0.2) is 4.92 Å². The Bertz CT molecular complexity index is 798. The molecule has 4 rings (SSSR count). The first-order valence-corrected chi connectivity index (χ1v) is 8.12. The number of non-ortho nitro benzene ring substituents is 1. The van der Waals surface area contributed by atoms with E-state index in [4.69, 9.17) is 0 Å². The van der Waals surface area contributed by atoms with E-state index in [0.29, 0.717) is 5.92 Å². The molecule has 0 spiro atoms. The highest BCUT2D eigenvalue weighted by molar-refractivity contribution is 5.63. The van der Waals surface area contributed by atoms with Crippen LogP contribution in [0.4, 0.5) is 11.4 Å². The molecule has 1 heterocycles. The highest BCUT2D eigenvalue weighted by atomic mass is 16.6. The summed E-state index contributed by atoms with van der Waals surface area (Å²) in [6.45, 7) is 4.45. The Kier molecular flexibility index (Phi) is 2.98. The normalized spacial score (nSPS) is 23.9. The minimum Gasteiger partial charge on any atom is -0.378 e. The monoisotopic (exact) mass is 308 g/mol. The van der Waals surface area contributed by atoms with Crippen LogP contribution in [0.3, 0.4) is 0 Å². The van der Waals surface area contributed by atoms with Crippen LogP contribution in [0.25, 0.3) is 0 Å². The lowest BCUT2D eigenvalue weighted by Gasteiger charge is -2.49. The highest BCUT2D eigenvalue weighted by Crippen LogP contribution is 2.53. The molecule has 0 saturated heterocycles. The van der Waals surface area contributed by atoms with Gasteiger partial charge in [-0.1, -0.05) is 38.1 Å². The first-order chi connectivity index (χ1) is 11.0. The molecular weight excluding hydrogens is 288 g/mol. The van der Waals surface area contributed by atoms with Gasteiger partial charge in [0.1, 0.15) is 0 Å². The molecule has 2 aliphatic rings. The Labute approximate surface area is 135 Å². The second kappa shape index (κ2) is 4.82. The van der Waals surface area contributed by atoms with Gasteiger partial charge in [-0.15, -0.1) is 0 Å². The number of rotatable bonds is 1. The van der Waals surface area contributed by atoms with Crippen LogP contribution in [0.15, 0.2) is 42.5 Å². The number of nitro benzene ring substituents is 1. The molecular formula is C19H20N2O2. The van der Waals surface area contributed by atoms with Crippen molar-refractivity contribution >= 4 is 11.4 Å². The molecule has 4 heteroatoms. The summed E-state index contributed by atoms with van der Waals surface area (Å²) in [5.74, 6) is 0.437. The Hall–Kier alpha value is -2.36. The van der Waals surface area contributed by atoms with Crippen molar-refractivity contribution in [2.24, 2.45) is 5.92 Å². The van der Waals surface area contributed by atoms with Crippen molar-refractivity contribution in [3.63, 3.8) is 0 Å². The molecule has 4 nitrogen and oxygen atoms in total. The Balaban J connectivity index is 1.85. The maximum atomic E-state index is 11.1. The van der Waals surface area contributed by atoms with Crippen molar-refractivity contribution in [1.29, 1.82) is 0 Å². The molecule has 1 N–H and O–H groups in total. The van der Waals surface area contributed by atoms with Crippen LogP contribution >= 0.6 is 0 Å². The summed E-state index contributed by atoms with van der Waals surface area (Å²) in [4.78, 5) is 10.8. The number of benzene rings is 2. The number of hydrogen-bond donors (Lipinski definition) is 1. The van der Waals surface area contributed by atoms with Gasteiger partial charge in [-0.3, -0.25) is 10.1 Å². The number of nitro groups is 1. The molecule has 2 aromatic rings. The SMILES string of the molecule is CC1(C)c2cc([N+](=O)[O-])ccc2N[C@@H]2c3ccccc3CC[C@@H]21. The van der Waals surface area contributed by atoms with Gasteiger partial charge in [-0.2, -0.15) is 0 Å². The summed E-state index contributed by atoms with van der Waals surface area (Å²) in [5.41, 5.74) is 4.97. The van der Waals surface area contributed by atoms with E-state index in [1.165, 1.54) is 11.1 Å². The van der Waals surface area contributed by atoms with E-state index in [1.807, 2.05) is 6.07 Å². The number of aryl methyl sites for hydroxylation is 1. The molecule has 0 amide bonds. The zero-order chi connectivity index (χ0) is 16.2. The van der Waals surface area contributed by atoms with E-state index in [0.717, 1.165) is 24.1 Å². The standard InChI is InChI=1S/C19H20N2O2/c1-19(2)15-9-7-12-5-3-4-6-14(12)18(15)20-17-10-8-13(21(22)23)11-16(17)19/h3-6,8,10-11,15,18,20H,7,9H2,1-2H3/t15-,18+/m0/s1. The maximum absolute atomic E-state index is 11.1. The summed E-state index contributed by atoms with van der Waals surface area (Å²) in [7, 11) is 0. The molecule has 0 saturated carbocycles. The Morgan fingerprint density at radius 3 is 2.78 bits per heavy atom. The van der Waals surface area contributed by atoms with E-state index in [1.54, 1.807) is 12.1 Å². The van der Waals surface area contributed by atoms with Crippen molar-refractivity contribution in [2.75, 3.05) is 5.32 Å². The van der Waals surface area contributed by atoms with Crippen LogP contribution in [0.1, 0.15) is 43.0 Å². The smallest absolute Gasteiger partial charge is 0.269 e. The average Bonchev–Trinajstić information content (AvgIpc) is 2.54. The molecule has 118 valence electrons. The number of anilines is 1. The van der Waals surface area contributed by atoms with Crippen molar-refractivity contribution in [3.8, 4) is 0 Å². The van der Waals surface area contributed by atoms with Crippen LogP contribution in [0.2, 0.25) is 0 Å². The minimum atomic E-state index is -0.307. The number of nitrogens with one attached hydrogen (secondary N) is 1. The first kappa shape index (κ1) is 14.2. The number of nitrogens with zero attached hydrogens (tertiary/aromatic N) is 1. The second-order valence-corrected chi connectivity index (χ2v) is 7.17. The van der Waals surface area contributed by atoms with Crippen molar-refractivity contribution < 1.29 is 4.92 Å². The first-order valence-electron chi connectivity index (χ1n) is 8.12. The van der Waals surface area contributed by atoms with E-state index < -0.39 is 0 Å². The fourth-order valence-corrected chi connectivity index (χ4v) is 4.39. The van der Waals surface area contributed by atoms with Gasteiger partial charge < -0.3 is 5.32 Å². The lowest BCUT2D eigenvalue weighted by molar-refractivity contribution is -0.385. The molecule has 0 fully saturated rings. The third-order valence-corrected chi connectivity index (χ3v) is 5.66. The molecule has 0 radical (unpaired) electrons. The lowest BCUT2D eigenvalue weighted by Crippen LogP contribution is -2.43. The fourth-order valence-electron chi connectivity index (χ4n) is 4.39. The third-order valence-electron chi connectivity index (χ3n) is 5.66. The summed E-state index contributed by atoms with van der Waals surface area (Å²) >= 11 is 0. The molecule has 0 aromatic heterocycles. The Morgan fingerprint density at radius 1 is 1.22 bits per heavy atom. The molecule has 0 bridgehead atoms. The second-order valence-electron chi connectivity index (χ2n) is 7.17. The average molecular weight is 308 g/mol. The molecule has 0 unspecified atom stereocenters. The van der Waals surface area contributed by atoms with Gasteiger partial charge in [0.25, 0.3) is 5.69 Å². The molecule has 1 aliphatic carbocycles. The molecule has 1 aliphatic heterocycles. The zero-order valence-corrected chi connectivity index (χ0v) is 13.4. The maximum Gasteiger partial charge on any atom is 0.269 e. The molecule has 23 heavy (non-hydrogen) atoms. The van der Waals surface area contributed by atoms with Gasteiger partial charge >= 0.3 is 0 Å². The van der Waals surface area contributed by atoms with Crippen LogP contribution < -0.4 is 5.32 Å². The number of hydrogen-bond acceptors (Lipinski definition) is 3. The van der Waals surface area contributed by atoms with Gasteiger partial charge in [0.15, 0.2) is 0 Å². The van der Waals surface area contributed by atoms with Crippen molar-refractivity contribution in [3.05, 3.63) is 69.3 Å². The quantitative estimate of drug-likeness (QED) is 0.618. The number of fused-ring (bicyclic) bond motifs is 4. The van der Waals surface area contributed by atoms with E-state index in [2.05, 4.69) is 43.4 Å². The molecule has 2 aromatic carbocycles. The van der Waals surface area contributed by atoms with E-state index in [9.17, 15) is 10.1 Å². The van der Waals surface area contributed by atoms with Crippen LogP contribution in [-0.2, 0) is 11.8 Å². The van der Waals surface area contributed by atoms with Gasteiger partial charge in [-0.05, 0) is 46.9 Å². The zero-order valence-electron chi connectivity index (χ0n) is 13.4. The van der Waals surface area contributed by atoms with Gasteiger partial charge in [0, 0.05) is 17.8 Å². The summed E-state index contributed by atoms with van der Waals surface area (Å²) in [5, 5.41) is 14.8. The summed E-state index contributed by atoms with van der Waals surface area (Å²) < 4.78 is 0. The topological polar surface area (TPSA) is 55.2 Å². The highest BCUT2D eigenvalue weighted by Gasteiger charge is 2.45. The summed E-state index contributed by atoms with van der Waals surface area (Å²) in [6.07, 6.45) is 2.18. The largest absolute Gasteiger partial charge is 0.378 e. The van der Waals surface area contributed by atoms with Gasteiger partial charge in [0.2, 0.25) is 0 Å².